The third kappa shape index (κ3) is 5.75. The number of nitrogen functional groups attached to an aromatic ring is 2. The summed E-state index contributed by atoms with van der Waals surface area (Å²) in [4.78, 5) is 46.7. The number of nitrogens with two attached hydrogens (primary N) is 2. The summed E-state index contributed by atoms with van der Waals surface area (Å²) in [6, 6.07) is 0. The zero-order valence-corrected chi connectivity index (χ0v) is 28.0. The minimum Gasteiger partial charge on any atom is -0.396 e. The van der Waals surface area contributed by atoms with Gasteiger partial charge in [-0.3, -0.25) is 23.4 Å². The summed E-state index contributed by atoms with van der Waals surface area (Å²) in [6.07, 6.45) is -0.718. The van der Waals surface area contributed by atoms with E-state index in [1.54, 1.807) is 4.57 Å². The van der Waals surface area contributed by atoms with Crippen molar-refractivity contribution >= 4 is 83.9 Å². The summed E-state index contributed by atoms with van der Waals surface area (Å²) in [6.45, 7) is -5.49. The van der Waals surface area contributed by atoms with Crippen LogP contribution in [0.1, 0.15) is 18.0 Å². The number of anilines is 2. The molecule has 4 aromatic rings. The number of hydrogen-bond acceptors (Lipinski definition) is 17. The van der Waals surface area contributed by atoms with Crippen LogP contribution in [0.25, 0.3) is 22.3 Å². The van der Waals surface area contributed by atoms with E-state index >= 15 is 4.39 Å². The topological polar surface area (TPSA) is 263 Å². The molecular weight excluding hydrogens is 725 g/mol. The highest BCUT2D eigenvalue weighted by Crippen LogP contribution is 2.58. The number of fused-ring (bicyclic) bond motifs is 4. The van der Waals surface area contributed by atoms with Crippen LogP contribution in [0, 0.1) is 0 Å². The Kier molecular flexibility index (Phi) is 8.58. The highest BCUT2D eigenvalue weighted by molar-refractivity contribution is 8.39. The van der Waals surface area contributed by atoms with E-state index in [9.17, 15) is 19.4 Å². The minimum atomic E-state index is -4.33. The van der Waals surface area contributed by atoms with Crippen LogP contribution in [-0.2, 0) is 39.4 Å². The number of H-pyrrole nitrogens is 1. The van der Waals surface area contributed by atoms with Gasteiger partial charge in [0.1, 0.15) is 41.7 Å². The van der Waals surface area contributed by atoms with Crippen LogP contribution < -0.4 is 17.0 Å². The summed E-state index contributed by atoms with van der Waals surface area (Å²) in [5, 5.41) is 8.71. The van der Waals surface area contributed by atoms with Crippen molar-refractivity contribution in [3.8, 4) is 0 Å². The van der Waals surface area contributed by atoms with Crippen molar-refractivity contribution in [3.63, 3.8) is 0 Å². The second-order valence-corrected chi connectivity index (χ2v) is 16.5. The fraction of sp³-hybridized carbons (Fsp3) is 0.545. The summed E-state index contributed by atoms with van der Waals surface area (Å²) in [5.41, 5.74) is 8.04. The molecule has 3 fully saturated rings. The Bertz CT molecular complexity index is 1990. The van der Waals surface area contributed by atoms with E-state index in [-0.39, 0.29) is 41.7 Å². The van der Waals surface area contributed by atoms with Crippen molar-refractivity contribution in [2.45, 2.75) is 47.6 Å². The van der Waals surface area contributed by atoms with E-state index in [2.05, 4.69) is 42.2 Å². The van der Waals surface area contributed by atoms with E-state index in [0.29, 0.717) is 11.2 Å². The van der Waals surface area contributed by atoms with Gasteiger partial charge in [-0.05, 0) is 16.4 Å². The molecule has 0 spiro atoms. The molecule has 0 aromatic carbocycles. The van der Waals surface area contributed by atoms with Gasteiger partial charge in [-0.25, -0.2) is 24.3 Å². The van der Waals surface area contributed by atoms with Gasteiger partial charge >= 0.3 is 13.9 Å². The molecule has 2 unspecified atom stereocenters. The average Bonchev–Trinajstić information content (AvgIpc) is 3.81. The summed E-state index contributed by atoms with van der Waals surface area (Å²) in [7, 11) is -2.46. The molecule has 25 heteroatoms. The first-order chi connectivity index (χ1) is 22.3. The van der Waals surface area contributed by atoms with Gasteiger partial charge in [0.2, 0.25) is 5.95 Å². The lowest BCUT2D eigenvalue weighted by Crippen LogP contribution is -2.45. The molecule has 9 atom stereocenters. The van der Waals surface area contributed by atoms with E-state index < -0.39 is 73.9 Å². The maximum absolute atomic E-state index is 16.4. The normalized spacial score (nSPS) is 32.0. The first-order valence-corrected chi connectivity index (χ1v) is 19.7. The summed E-state index contributed by atoms with van der Waals surface area (Å²) in [5.74, 6) is -0.213. The Balaban J connectivity index is 1.16. The lowest BCUT2D eigenvalue weighted by atomic mass is 9.97. The Labute approximate surface area is 278 Å². The maximum atomic E-state index is 16.4. The quantitative estimate of drug-likeness (QED) is 0.0911. The number of hydrogen-bond donors (Lipinski definition) is 6. The molecule has 0 radical (unpaired) electrons. The third-order valence-electron chi connectivity index (χ3n) is 8.07. The van der Waals surface area contributed by atoms with Crippen LogP contribution in [0.15, 0.2) is 23.8 Å². The molecule has 3 aliphatic rings. The zero-order chi connectivity index (χ0) is 33.3. The predicted octanol–water partition coefficient (Wildman–Crippen LogP) is 0.717. The predicted molar refractivity (Wildman–Crippen MR) is 171 cm³/mol. The number of aliphatic hydroxyl groups is 1. The molecule has 0 saturated carbocycles. The number of aromatic amines is 1. The molecule has 252 valence electrons. The van der Waals surface area contributed by atoms with Gasteiger partial charge in [-0.1, -0.05) is 0 Å². The first kappa shape index (κ1) is 33.1. The molecule has 7 heterocycles. The molecule has 0 aliphatic carbocycles. The second-order valence-electron chi connectivity index (χ2n) is 10.9. The molecule has 7 rings (SSSR count). The van der Waals surface area contributed by atoms with Crippen LogP contribution in [-0.4, -0.2) is 104 Å². The van der Waals surface area contributed by atoms with E-state index in [0.717, 1.165) is 11.8 Å². The van der Waals surface area contributed by atoms with Crippen molar-refractivity contribution in [1.29, 1.82) is 0 Å². The number of aromatic nitrogens is 8. The SMILES string of the molecule is Nc1nc2c(ncn2[C@@H]2SC[C@](F)(CCO)[C@H]2OP(O)(=S)OC[C@@]23CO[C@@H]([C@H](n4cnc5c(N)ncnc54)O2)[C@@H]3O[P+](=O)S)c(=O)[nH]1. The molecular formula is C22H26FN10O9P2S3+. The number of aliphatic hydroxyl groups excluding tert-OH is 1. The fourth-order valence-electron chi connectivity index (χ4n) is 5.95. The van der Waals surface area contributed by atoms with Crippen molar-refractivity contribution in [3.05, 3.63) is 29.3 Å². The van der Waals surface area contributed by atoms with E-state index in [4.69, 9.17) is 46.3 Å². The van der Waals surface area contributed by atoms with Gasteiger partial charge in [0, 0.05) is 18.8 Å². The number of ether oxygens (including phenoxy) is 2. The van der Waals surface area contributed by atoms with Gasteiger partial charge in [0.05, 0.1) is 25.9 Å². The Morgan fingerprint density at radius 1 is 1.23 bits per heavy atom. The number of rotatable bonds is 11. The molecule has 0 amide bonds. The van der Waals surface area contributed by atoms with Crippen LogP contribution in [0.2, 0.25) is 0 Å². The lowest BCUT2D eigenvalue weighted by molar-refractivity contribution is -0.183. The molecule has 4 aromatic heterocycles. The number of alkyl halides is 1. The highest BCUT2D eigenvalue weighted by Gasteiger charge is 2.66. The van der Waals surface area contributed by atoms with Crippen molar-refractivity contribution in [2.24, 2.45) is 0 Å². The van der Waals surface area contributed by atoms with Gasteiger partial charge in [-0.2, -0.15) is 4.98 Å². The second kappa shape index (κ2) is 12.2. The maximum Gasteiger partial charge on any atom is 0.582 e. The molecule has 19 nitrogen and oxygen atoms in total. The standard InChI is InChI=1S/C22H25FN10O9P2S3/c23-21(1-2-34)5-47-19(33-8-29-10-16(33)30-20(25)31-17(10)35)13(21)42-44(37,46)39-4-22-3-38-11(12(22)41-43(36)45)18(40-22)32-7-28-9-14(24)26-6-27-15(9)32/h6-8,11-13,18-19,34H,1-5H2,(H6-,24,25,26,27,30,31,35,36,37,45,46)/p+1/t11-,12+,13+,18-,19-,21-,22-,44?/m1/s1. The van der Waals surface area contributed by atoms with Gasteiger partial charge in [0.25, 0.3) is 5.56 Å². The molecule has 7 N–H and O–H groups in total. The highest BCUT2D eigenvalue weighted by atomic mass is 32.7. The minimum absolute atomic E-state index is 0.0482. The van der Waals surface area contributed by atoms with Crippen LogP contribution in [0.3, 0.4) is 0 Å². The van der Waals surface area contributed by atoms with Crippen molar-refractivity contribution in [2.75, 3.05) is 37.0 Å². The molecule has 3 saturated heterocycles. The largest absolute Gasteiger partial charge is 0.582 e. The first-order valence-electron chi connectivity index (χ1n) is 13.7. The zero-order valence-electron chi connectivity index (χ0n) is 23.7. The molecule has 3 aliphatic heterocycles. The van der Waals surface area contributed by atoms with Gasteiger partial charge in [0.15, 0.2) is 46.2 Å². The van der Waals surface area contributed by atoms with E-state index in [1.165, 1.54) is 23.5 Å². The Morgan fingerprint density at radius 2 is 2.00 bits per heavy atom. The lowest BCUT2D eigenvalue weighted by Gasteiger charge is -2.34. The summed E-state index contributed by atoms with van der Waals surface area (Å²) < 4.78 is 61.1. The van der Waals surface area contributed by atoms with Crippen molar-refractivity contribution in [1.82, 2.24) is 39.0 Å². The monoisotopic (exact) mass is 751 g/mol. The number of thiol groups is 1. The van der Waals surface area contributed by atoms with Gasteiger partial charge in [-0.15, -0.1) is 16.3 Å². The number of imidazole rings is 2. The number of halogens is 1. The average molecular weight is 752 g/mol. The molecule has 2 bridgehead atoms. The Morgan fingerprint density at radius 3 is 2.77 bits per heavy atom. The number of nitrogens with zero attached hydrogens (tertiary/aromatic N) is 7. The van der Waals surface area contributed by atoms with Crippen LogP contribution >= 0.6 is 38.0 Å². The van der Waals surface area contributed by atoms with Crippen LogP contribution in [0.4, 0.5) is 16.2 Å². The third-order valence-corrected chi connectivity index (χ3v) is 11.7. The summed E-state index contributed by atoms with van der Waals surface area (Å²) >= 11 is 10.3. The fourth-order valence-corrected chi connectivity index (χ4v) is 9.85. The van der Waals surface area contributed by atoms with E-state index in [1.807, 2.05) is 0 Å². The smallest absolute Gasteiger partial charge is 0.396 e. The Hall–Kier alpha value is -2.40. The van der Waals surface area contributed by atoms with Crippen molar-refractivity contribution < 1.29 is 42.0 Å². The van der Waals surface area contributed by atoms with Crippen LogP contribution in [0.5, 0.6) is 0 Å². The molecule has 47 heavy (non-hydrogen) atoms. The number of thioether (sulfide) groups is 1. The number of nitrogens with one attached hydrogen (secondary N) is 1. The van der Waals surface area contributed by atoms with Gasteiger partial charge < -0.3 is 35.5 Å².